The van der Waals surface area contributed by atoms with E-state index >= 15 is 0 Å². The number of aliphatic carboxylic acids is 1. The summed E-state index contributed by atoms with van der Waals surface area (Å²) in [7, 11) is 0. The van der Waals surface area contributed by atoms with Crippen LogP contribution in [0.3, 0.4) is 0 Å². The van der Waals surface area contributed by atoms with Crippen molar-refractivity contribution < 1.29 is 37.7 Å². The van der Waals surface area contributed by atoms with Crippen molar-refractivity contribution >= 4 is 45.8 Å². The Morgan fingerprint density at radius 3 is 2.63 bits per heavy atom. The SMILES string of the molecule is CCOc1c(C(C)NC(=O)c2c(N)nn3cccnc23)cc(Cl)c2cnn(CCO)c12.O=C(O)C(F)(F)F. The summed E-state index contributed by atoms with van der Waals surface area (Å²) < 4.78 is 40.8. The van der Waals surface area contributed by atoms with Gasteiger partial charge in [0, 0.05) is 23.3 Å². The zero-order valence-corrected chi connectivity index (χ0v) is 20.8. The van der Waals surface area contributed by atoms with E-state index in [-0.39, 0.29) is 24.5 Å². The lowest BCUT2D eigenvalue weighted by atomic mass is 10.0. The number of carboxylic acids is 1. The Kier molecular flexibility index (Phi) is 8.63. The minimum atomic E-state index is -5.08. The number of aliphatic hydroxyl groups is 1. The van der Waals surface area contributed by atoms with Gasteiger partial charge in [0.15, 0.2) is 17.2 Å². The maximum Gasteiger partial charge on any atom is 0.490 e. The van der Waals surface area contributed by atoms with Crippen molar-refractivity contribution in [1.82, 2.24) is 29.7 Å². The molecule has 0 radical (unpaired) electrons. The average molecular weight is 558 g/mol. The fraction of sp³-hybridized carbons (Fsp3) is 0.318. The molecule has 0 aliphatic carbocycles. The van der Waals surface area contributed by atoms with Gasteiger partial charge in [-0.3, -0.25) is 9.48 Å². The van der Waals surface area contributed by atoms with Crippen LogP contribution >= 0.6 is 11.6 Å². The Hall–Kier alpha value is -4.11. The molecule has 3 aromatic heterocycles. The molecule has 0 bridgehead atoms. The lowest BCUT2D eigenvalue weighted by Gasteiger charge is -2.20. The lowest BCUT2D eigenvalue weighted by molar-refractivity contribution is -0.192. The molecule has 0 aliphatic heterocycles. The second-order valence-corrected chi connectivity index (χ2v) is 8.12. The predicted molar refractivity (Wildman–Crippen MR) is 130 cm³/mol. The van der Waals surface area contributed by atoms with Crippen molar-refractivity contribution in [2.45, 2.75) is 32.6 Å². The molecule has 0 fully saturated rings. The topological polar surface area (TPSA) is 170 Å². The third-order valence-corrected chi connectivity index (χ3v) is 5.48. The van der Waals surface area contributed by atoms with Crippen LogP contribution in [-0.4, -0.2) is 65.9 Å². The first-order chi connectivity index (χ1) is 17.9. The normalized spacial score (nSPS) is 12.2. The smallest absolute Gasteiger partial charge is 0.490 e. The number of nitrogen functional groups attached to an aromatic ring is 1. The van der Waals surface area contributed by atoms with Crippen molar-refractivity contribution in [2.24, 2.45) is 0 Å². The largest absolute Gasteiger partial charge is 0.491 e. The second-order valence-electron chi connectivity index (χ2n) is 7.71. The Labute approximate surface area is 217 Å². The maximum absolute atomic E-state index is 13.1. The molecule has 0 saturated carbocycles. The number of amides is 1. The minimum Gasteiger partial charge on any atom is -0.491 e. The minimum absolute atomic E-state index is 0.0858. The van der Waals surface area contributed by atoms with Gasteiger partial charge in [-0.2, -0.15) is 18.3 Å². The highest BCUT2D eigenvalue weighted by Gasteiger charge is 2.38. The van der Waals surface area contributed by atoms with E-state index in [9.17, 15) is 23.1 Å². The summed E-state index contributed by atoms with van der Waals surface area (Å²) in [5, 5.41) is 29.1. The van der Waals surface area contributed by atoms with Crippen LogP contribution in [-0.2, 0) is 11.3 Å². The van der Waals surface area contributed by atoms with Crippen LogP contribution < -0.4 is 15.8 Å². The van der Waals surface area contributed by atoms with Crippen molar-refractivity contribution in [2.75, 3.05) is 18.9 Å². The summed E-state index contributed by atoms with van der Waals surface area (Å²) in [6.07, 6.45) is -0.212. The Morgan fingerprint density at radius 1 is 1.34 bits per heavy atom. The quantitative estimate of drug-likeness (QED) is 0.267. The number of hydrogen-bond donors (Lipinski definition) is 4. The highest BCUT2D eigenvalue weighted by atomic mass is 35.5. The van der Waals surface area contributed by atoms with E-state index in [4.69, 9.17) is 32.0 Å². The first kappa shape index (κ1) is 28.5. The molecule has 3 heterocycles. The maximum atomic E-state index is 13.1. The van der Waals surface area contributed by atoms with Crippen molar-refractivity contribution in [3.8, 4) is 5.75 Å². The van der Waals surface area contributed by atoms with E-state index in [2.05, 4.69) is 20.5 Å². The van der Waals surface area contributed by atoms with Crippen LogP contribution in [0.4, 0.5) is 19.0 Å². The molecule has 1 amide bonds. The summed E-state index contributed by atoms with van der Waals surface area (Å²) in [4.78, 5) is 26.2. The standard InChI is InChI=1S/C20H22ClN7O3.C2HF3O2/c1-3-31-17-12(9-14(21)13-10-24-27(7-8-29)16(13)17)11(2)25-20(30)15-18(22)26-28-6-4-5-23-19(15)28;3-2(4,5)1(6)7/h4-6,9-11,29H,3,7-8H2,1-2H3,(H2,22,26)(H,25,30);(H,6,7). The number of anilines is 1. The van der Waals surface area contributed by atoms with E-state index < -0.39 is 24.1 Å². The highest BCUT2D eigenvalue weighted by Crippen LogP contribution is 2.38. The number of halogens is 4. The van der Waals surface area contributed by atoms with Crippen molar-refractivity contribution in [3.05, 3.63) is 46.9 Å². The van der Waals surface area contributed by atoms with E-state index in [1.165, 1.54) is 4.52 Å². The molecule has 1 unspecified atom stereocenters. The number of aliphatic hydroxyl groups excluding tert-OH is 1. The number of rotatable bonds is 7. The van der Waals surface area contributed by atoms with Gasteiger partial charge in [-0.25, -0.2) is 14.3 Å². The highest BCUT2D eigenvalue weighted by molar-refractivity contribution is 6.35. The van der Waals surface area contributed by atoms with Gasteiger partial charge in [-0.15, -0.1) is 5.10 Å². The number of carbonyl (C=O) groups excluding carboxylic acids is 1. The monoisotopic (exact) mass is 557 g/mol. The number of nitrogens with zero attached hydrogens (tertiary/aromatic N) is 5. The number of nitrogens with one attached hydrogen (secondary N) is 1. The van der Waals surface area contributed by atoms with E-state index in [0.29, 0.717) is 39.5 Å². The van der Waals surface area contributed by atoms with Gasteiger partial charge in [0.05, 0.1) is 37.0 Å². The van der Waals surface area contributed by atoms with Gasteiger partial charge < -0.3 is 26.0 Å². The van der Waals surface area contributed by atoms with Crippen LogP contribution in [0.2, 0.25) is 5.02 Å². The van der Waals surface area contributed by atoms with E-state index in [1.807, 2.05) is 13.8 Å². The molecule has 1 aromatic carbocycles. The average Bonchev–Trinajstić information content (AvgIpc) is 3.41. The molecule has 16 heteroatoms. The molecule has 12 nitrogen and oxygen atoms in total. The Bertz CT molecular complexity index is 1470. The zero-order chi connectivity index (χ0) is 28.2. The number of carbonyl (C=O) groups is 2. The fourth-order valence-electron chi connectivity index (χ4n) is 3.57. The Balaban J connectivity index is 0.000000505. The van der Waals surface area contributed by atoms with Gasteiger partial charge in [0.2, 0.25) is 0 Å². The molecule has 4 aromatic rings. The molecule has 0 aliphatic rings. The first-order valence-corrected chi connectivity index (χ1v) is 11.4. The van der Waals surface area contributed by atoms with E-state index in [0.717, 1.165) is 0 Å². The number of ether oxygens (including phenoxy) is 1. The molecular formula is C22H23ClF3N7O5. The summed E-state index contributed by atoms with van der Waals surface area (Å²) in [6.45, 7) is 4.29. The van der Waals surface area contributed by atoms with Gasteiger partial charge in [-0.05, 0) is 26.0 Å². The summed E-state index contributed by atoms with van der Waals surface area (Å²) in [5.74, 6) is -2.54. The second kappa shape index (κ2) is 11.5. The summed E-state index contributed by atoms with van der Waals surface area (Å²) in [5.41, 5.74) is 7.87. The van der Waals surface area contributed by atoms with Gasteiger partial charge in [0.1, 0.15) is 11.1 Å². The number of hydrogen-bond acceptors (Lipinski definition) is 8. The number of carboxylic acid groups (broad SMARTS) is 1. The van der Waals surface area contributed by atoms with Crippen LogP contribution in [0.15, 0.2) is 30.7 Å². The molecule has 0 saturated heterocycles. The lowest BCUT2D eigenvalue weighted by Crippen LogP contribution is -2.28. The molecule has 1 atom stereocenters. The fourth-order valence-corrected chi connectivity index (χ4v) is 3.82. The van der Waals surface area contributed by atoms with Crippen LogP contribution in [0.1, 0.15) is 35.8 Å². The third-order valence-electron chi connectivity index (χ3n) is 5.16. The number of aromatic nitrogens is 5. The zero-order valence-electron chi connectivity index (χ0n) is 20.0. The molecule has 0 spiro atoms. The third kappa shape index (κ3) is 5.89. The number of fused-ring (bicyclic) bond motifs is 2. The van der Waals surface area contributed by atoms with Crippen molar-refractivity contribution in [3.63, 3.8) is 0 Å². The first-order valence-electron chi connectivity index (χ1n) is 11.0. The number of nitrogens with two attached hydrogens (primary N) is 1. The Morgan fingerprint density at radius 2 is 2.03 bits per heavy atom. The predicted octanol–water partition coefficient (Wildman–Crippen LogP) is 2.83. The molecule has 5 N–H and O–H groups in total. The molecular weight excluding hydrogens is 535 g/mol. The summed E-state index contributed by atoms with van der Waals surface area (Å²) in [6, 6.07) is 2.97. The van der Waals surface area contributed by atoms with Gasteiger partial charge in [-0.1, -0.05) is 11.6 Å². The van der Waals surface area contributed by atoms with Crippen LogP contribution in [0.25, 0.3) is 16.6 Å². The molecule has 38 heavy (non-hydrogen) atoms. The summed E-state index contributed by atoms with van der Waals surface area (Å²) >= 11 is 6.50. The van der Waals surface area contributed by atoms with Crippen LogP contribution in [0.5, 0.6) is 5.75 Å². The molecule has 204 valence electrons. The van der Waals surface area contributed by atoms with Crippen LogP contribution in [0, 0.1) is 0 Å². The molecule has 4 rings (SSSR count). The van der Waals surface area contributed by atoms with Crippen molar-refractivity contribution in [1.29, 1.82) is 0 Å². The number of benzene rings is 1. The van der Waals surface area contributed by atoms with Gasteiger partial charge in [0.25, 0.3) is 5.91 Å². The van der Waals surface area contributed by atoms with E-state index in [1.54, 1.807) is 35.4 Å². The number of alkyl halides is 3. The van der Waals surface area contributed by atoms with Gasteiger partial charge >= 0.3 is 12.1 Å².